The van der Waals surface area contributed by atoms with Crippen molar-refractivity contribution in [3.05, 3.63) is 53.5 Å². The van der Waals surface area contributed by atoms with Gasteiger partial charge in [-0.25, -0.2) is 4.98 Å². The molecule has 1 aliphatic rings. The molecule has 5 heteroatoms. The summed E-state index contributed by atoms with van der Waals surface area (Å²) in [5.41, 5.74) is 3.83. The van der Waals surface area contributed by atoms with Crippen LogP contribution < -0.4 is 4.90 Å². The molecule has 1 aromatic carbocycles. The topological polar surface area (TPSA) is 46.3 Å². The fourth-order valence-electron chi connectivity index (χ4n) is 3.40. The number of benzene rings is 1. The van der Waals surface area contributed by atoms with Crippen molar-refractivity contribution in [2.24, 2.45) is 0 Å². The van der Waals surface area contributed by atoms with Crippen molar-refractivity contribution < 1.29 is 0 Å². The van der Waals surface area contributed by atoms with Crippen molar-refractivity contribution in [2.45, 2.75) is 26.2 Å². The first-order valence-electron chi connectivity index (χ1n) is 7.70. The Kier molecular flexibility index (Phi) is 3.06. The lowest BCUT2D eigenvalue weighted by molar-refractivity contribution is 0.764. The quantitative estimate of drug-likeness (QED) is 0.729. The van der Waals surface area contributed by atoms with Crippen LogP contribution >= 0.6 is 0 Å². The molecule has 0 unspecified atom stereocenters. The van der Waals surface area contributed by atoms with E-state index in [1.807, 2.05) is 11.4 Å². The summed E-state index contributed by atoms with van der Waals surface area (Å²) in [5, 5.41) is 4.32. The van der Waals surface area contributed by atoms with Gasteiger partial charge in [-0.15, -0.1) is 0 Å². The van der Waals surface area contributed by atoms with E-state index in [4.69, 9.17) is 0 Å². The predicted octanol–water partition coefficient (Wildman–Crippen LogP) is 2.74. The fraction of sp³-hybridized carbons (Fsp3) is 0.353. The number of nitrogens with zero attached hydrogens (tertiary/aromatic N) is 5. The molecular weight excluding hydrogens is 274 g/mol. The molecule has 1 aliphatic heterocycles. The standard InChI is InChI=1S/C17H19N5/c1-12-5-3-4-6-15(12)14-7-8-21(10-14)16-9-13(2)20-17-18-11-19-22(16)17/h3-6,9,11,14H,7-8,10H2,1-2H3/t14-/m0/s1. The summed E-state index contributed by atoms with van der Waals surface area (Å²) in [6.45, 7) is 6.26. The van der Waals surface area contributed by atoms with Crippen LogP contribution in [0, 0.1) is 13.8 Å². The smallest absolute Gasteiger partial charge is 0.254 e. The summed E-state index contributed by atoms with van der Waals surface area (Å²) in [7, 11) is 0. The first kappa shape index (κ1) is 13.2. The highest BCUT2D eigenvalue weighted by Gasteiger charge is 2.26. The van der Waals surface area contributed by atoms with Gasteiger partial charge < -0.3 is 4.90 Å². The number of aryl methyl sites for hydroxylation is 2. The van der Waals surface area contributed by atoms with Crippen LogP contribution in [0.5, 0.6) is 0 Å². The van der Waals surface area contributed by atoms with Gasteiger partial charge in [0.25, 0.3) is 5.78 Å². The third-order valence-corrected chi connectivity index (χ3v) is 4.50. The second kappa shape index (κ2) is 5.09. The average molecular weight is 293 g/mol. The van der Waals surface area contributed by atoms with Crippen molar-refractivity contribution in [1.29, 1.82) is 0 Å². The molecule has 112 valence electrons. The highest BCUT2D eigenvalue weighted by molar-refractivity contribution is 5.49. The van der Waals surface area contributed by atoms with E-state index in [2.05, 4.69) is 57.2 Å². The summed E-state index contributed by atoms with van der Waals surface area (Å²) < 4.78 is 1.84. The zero-order valence-corrected chi connectivity index (χ0v) is 12.9. The Hall–Kier alpha value is -2.43. The normalized spacial score (nSPS) is 18.3. The average Bonchev–Trinajstić information content (AvgIpc) is 3.15. The molecule has 1 fully saturated rings. The van der Waals surface area contributed by atoms with E-state index in [1.54, 1.807) is 6.33 Å². The van der Waals surface area contributed by atoms with Gasteiger partial charge in [-0.3, -0.25) is 0 Å². The van der Waals surface area contributed by atoms with E-state index in [1.165, 1.54) is 17.5 Å². The molecule has 3 aromatic rings. The van der Waals surface area contributed by atoms with Crippen molar-refractivity contribution in [3.8, 4) is 0 Å². The molecule has 1 saturated heterocycles. The monoisotopic (exact) mass is 293 g/mol. The van der Waals surface area contributed by atoms with Gasteiger partial charge in [-0.1, -0.05) is 24.3 Å². The summed E-state index contributed by atoms with van der Waals surface area (Å²) in [6.07, 6.45) is 2.74. The van der Waals surface area contributed by atoms with Gasteiger partial charge in [0, 0.05) is 30.8 Å². The number of fused-ring (bicyclic) bond motifs is 1. The van der Waals surface area contributed by atoms with Crippen LogP contribution in [0.25, 0.3) is 5.78 Å². The SMILES string of the molecule is Cc1cc(N2CC[C@H](c3ccccc3C)C2)n2ncnc2n1. The minimum absolute atomic E-state index is 0.577. The first-order chi connectivity index (χ1) is 10.7. The molecule has 4 rings (SSSR count). The lowest BCUT2D eigenvalue weighted by Crippen LogP contribution is -2.22. The zero-order chi connectivity index (χ0) is 15.1. The third-order valence-electron chi connectivity index (χ3n) is 4.50. The van der Waals surface area contributed by atoms with Crippen LogP contribution in [0.15, 0.2) is 36.7 Å². The molecule has 0 bridgehead atoms. The van der Waals surface area contributed by atoms with Gasteiger partial charge in [0.2, 0.25) is 0 Å². The highest BCUT2D eigenvalue weighted by atomic mass is 15.4. The van der Waals surface area contributed by atoms with E-state index in [0.717, 1.165) is 24.6 Å². The fourth-order valence-corrected chi connectivity index (χ4v) is 3.40. The van der Waals surface area contributed by atoms with Crippen LogP contribution in [0.3, 0.4) is 0 Å². The minimum Gasteiger partial charge on any atom is -0.356 e. The number of hydrogen-bond acceptors (Lipinski definition) is 4. The van der Waals surface area contributed by atoms with Gasteiger partial charge in [0.05, 0.1) is 0 Å². The van der Waals surface area contributed by atoms with Gasteiger partial charge in [0.1, 0.15) is 12.1 Å². The Balaban J connectivity index is 1.67. The Labute approximate surface area is 129 Å². The molecule has 0 N–H and O–H groups in total. The lowest BCUT2D eigenvalue weighted by Gasteiger charge is -2.20. The van der Waals surface area contributed by atoms with Crippen molar-refractivity contribution in [3.63, 3.8) is 0 Å². The summed E-state index contributed by atoms with van der Waals surface area (Å²) in [5.74, 6) is 2.35. The maximum atomic E-state index is 4.42. The molecule has 0 radical (unpaired) electrons. The molecule has 2 aromatic heterocycles. The van der Waals surface area contributed by atoms with E-state index in [9.17, 15) is 0 Å². The van der Waals surface area contributed by atoms with Crippen LogP contribution in [-0.2, 0) is 0 Å². The van der Waals surface area contributed by atoms with Crippen molar-refractivity contribution >= 4 is 11.6 Å². The second-order valence-electron chi connectivity index (χ2n) is 6.02. The first-order valence-corrected chi connectivity index (χ1v) is 7.70. The molecule has 3 heterocycles. The molecular formula is C17H19N5. The largest absolute Gasteiger partial charge is 0.356 e. The van der Waals surface area contributed by atoms with Crippen LogP contribution in [0.4, 0.5) is 5.82 Å². The summed E-state index contributed by atoms with van der Waals surface area (Å²) in [6, 6.07) is 10.8. The number of aromatic nitrogens is 4. The van der Waals surface area contributed by atoms with Gasteiger partial charge in [0.15, 0.2) is 0 Å². The molecule has 0 amide bonds. The van der Waals surface area contributed by atoms with Gasteiger partial charge >= 0.3 is 0 Å². The maximum Gasteiger partial charge on any atom is 0.254 e. The van der Waals surface area contributed by atoms with Gasteiger partial charge in [-0.05, 0) is 31.4 Å². The molecule has 0 saturated carbocycles. The van der Waals surface area contributed by atoms with Crippen molar-refractivity contribution in [2.75, 3.05) is 18.0 Å². The van der Waals surface area contributed by atoms with Gasteiger partial charge in [-0.2, -0.15) is 14.6 Å². The van der Waals surface area contributed by atoms with E-state index < -0.39 is 0 Å². The Morgan fingerprint density at radius 1 is 1.18 bits per heavy atom. The van der Waals surface area contributed by atoms with Crippen LogP contribution in [0.2, 0.25) is 0 Å². The third kappa shape index (κ3) is 2.13. The second-order valence-corrected chi connectivity index (χ2v) is 6.02. The molecule has 5 nitrogen and oxygen atoms in total. The maximum absolute atomic E-state index is 4.42. The Morgan fingerprint density at radius 3 is 2.91 bits per heavy atom. The highest BCUT2D eigenvalue weighted by Crippen LogP contribution is 2.32. The number of rotatable bonds is 2. The zero-order valence-electron chi connectivity index (χ0n) is 12.9. The Bertz CT molecular complexity index is 823. The molecule has 0 aliphatic carbocycles. The van der Waals surface area contributed by atoms with E-state index in [0.29, 0.717) is 11.7 Å². The van der Waals surface area contributed by atoms with Crippen LogP contribution in [-0.4, -0.2) is 32.7 Å². The summed E-state index contributed by atoms with van der Waals surface area (Å²) in [4.78, 5) is 11.0. The molecule has 0 spiro atoms. The predicted molar refractivity (Wildman–Crippen MR) is 86.3 cm³/mol. The van der Waals surface area contributed by atoms with Crippen LogP contribution in [0.1, 0.15) is 29.2 Å². The Morgan fingerprint density at radius 2 is 2.05 bits per heavy atom. The lowest BCUT2D eigenvalue weighted by atomic mass is 9.94. The van der Waals surface area contributed by atoms with E-state index >= 15 is 0 Å². The summed E-state index contributed by atoms with van der Waals surface area (Å²) >= 11 is 0. The van der Waals surface area contributed by atoms with E-state index in [-0.39, 0.29) is 0 Å². The molecule has 1 atom stereocenters. The number of anilines is 1. The number of hydrogen-bond donors (Lipinski definition) is 0. The minimum atomic E-state index is 0.577. The molecule has 22 heavy (non-hydrogen) atoms. The van der Waals surface area contributed by atoms with Crippen molar-refractivity contribution in [1.82, 2.24) is 19.6 Å².